The molecule has 0 unspecified atom stereocenters. The van der Waals surface area contributed by atoms with Gasteiger partial charge in [0.25, 0.3) is 0 Å². The molecule has 3 nitrogen and oxygen atoms in total. The zero-order chi connectivity index (χ0) is 17.2. The number of aliphatic hydroxyl groups excluding tert-OH is 1. The molecule has 1 aromatic heterocycles. The molecule has 0 aliphatic heterocycles. The maximum atomic E-state index is 10.6. The second kappa shape index (κ2) is 7.64. The number of fused-ring (bicyclic) bond motifs is 3. The molecule has 1 atom stereocenters. The van der Waals surface area contributed by atoms with Crippen molar-refractivity contribution in [1.82, 2.24) is 9.88 Å². The van der Waals surface area contributed by atoms with Crippen molar-refractivity contribution in [2.75, 3.05) is 6.54 Å². The fraction of sp³-hybridized carbons (Fsp3) is 0.429. The van der Waals surface area contributed by atoms with Crippen LogP contribution in [0.2, 0.25) is 0 Å². The van der Waals surface area contributed by atoms with Gasteiger partial charge in [0.2, 0.25) is 0 Å². The van der Waals surface area contributed by atoms with Gasteiger partial charge in [0.15, 0.2) is 0 Å². The van der Waals surface area contributed by atoms with E-state index in [4.69, 9.17) is 0 Å². The van der Waals surface area contributed by atoms with Crippen molar-refractivity contribution in [2.45, 2.75) is 50.8 Å². The summed E-state index contributed by atoms with van der Waals surface area (Å²) in [6, 6.07) is 15.6. The number of nitrogens with one attached hydrogen (secondary N) is 1. The molecule has 2 N–H and O–H groups in total. The molecule has 0 spiro atoms. The minimum absolute atomic E-state index is 0.375. The second-order valence-electron chi connectivity index (χ2n) is 7.19. The first-order valence-corrected chi connectivity index (χ1v) is 10.4. The minimum Gasteiger partial charge on any atom is -0.390 e. The third-order valence-electron chi connectivity index (χ3n) is 5.38. The van der Waals surface area contributed by atoms with Gasteiger partial charge in [-0.15, -0.1) is 0 Å². The summed E-state index contributed by atoms with van der Waals surface area (Å²) in [7, 11) is 0. The summed E-state index contributed by atoms with van der Waals surface area (Å²) in [4.78, 5) is 0. The average molecular weight is 448 g/mol. The zero-order valence-electron chi connectivity index (χ0n) is 14.4. The minimum atomic E-state index is -0.375. The lowest BCUT2D eigenvalue weighted by atomic mass is 9.95. The molecule has 25 heavy (non-hydrogen) atoms. The van der Waals surface area contributed by atoms with Gasteiger partial charge in [-0.25, -0.2) is 0 Å². The Bertz CT molecular complexity index is 867. The van der Waals surface area contributed by atoms with E-state index in [9.17, 15) is 5.11 Å². The first-order chi connectivity index (χ1) is 12.2. The quantitative estimate of drug-likeness (QED) is 0.557. The lowest BCUT2D eigenvalue weighted by Gasteiger charge is -2.24. The maximum absolute atomic E-state index is 10.6. The number of rotatable bonds is 5. The Morgan fingerprint density at radius 3 is 2.64 bits per heavy atom. The topological polar surface area (TPSA) is 37.2 Å². The summed E-state index contributed by atoms with van der Waals surface area (Å²) in [6.07, 6.45) is 6.13. The average Bonchev–Trinajstić information content (AvgIpc) is 2.94. The molecule has 1 saturated carbocycles. The summed E-state index contributed by atoms with van der Waals surface area (Å²) in [5.74, 6) is 0. The molecular formula is C21H25IN2O. The molecule has 1 fully saturated rings. The normalized spacial score (nSPS) is 17.4. The smallest absolute Gasteiger partial charge is 0.0843 e. The van der Waals surface area contributed by atoms with Gasteiger partial charge in [0.05, 0.1) is 12.6 Å². The first kappa shape index (κ1) is 17.3. The Labute approximate surface area is 162 Å². The van der Waals surface area contributed by atoms with E-state index in [0.29, 0.717) is 19.1 Å². The summed E-state index contributed by atoms with van der Waals surface area (Å²) in [5, 5.41) is 16.8. The van der Waals surface area contributed by atoms with E-state index in [0.717, 1.165) is 0 Å². The number of para-hydroxylation sites is 1. The van der Waals surface area contributed by atoms with Crippen molar-refractivity contribution in [3.8, 4) is 0 Å². The monoisotopic (exact) mass is 448 g/mol. The number of aliphatic hydroxyl groups is 1. The standard InChI is InChI=1S/C21H25IN2O/c22-15-10-11-21-19(12-15)18-8-4-5-9-20(18)24(21)14-17(25)13-23-16-6-2-1-3-7-16/h4-5,8-12,16-17,23,25H,1-3,6-7,13-14H2/t17-/m1/s1. The Hall–Kier alpha value is -1.11. The molecular weight excluding hydrogens is 423 g/mol. The molecule has 1 heterocycles. The number of aromatic nitrogens is 1. The lowest BCUT2D eigenvalue weighted by molar-refractivity contribution is 0.147. The summed E-state index contributed by atoms with van der Waals surface area (Å²) < 4.78 is 3.51. The molecule has 2 aromatic carbocycles. The van der Waals surface area contributed by atoms with Gasteiger partial charge in [-0.05, 0) is 59.7 Å². The van der Waals surface area contributed by atoms with E-state index in [2.05, 4.69) is 74.9 Å². The molecule has 3 aromatic rings. The van der Waals surface area contributed by atoms with Crippen molar-refractivity contribution in [2.24, 2.45) is 0 Å². The van der Waals surface area contributed by atoms with Crippen LogP contribution in [0, 0.1) is 3.57 Å². The summed E-state index contributed by atoms with van der Waals surface area (Å²) in [6.45, 7) is 1.30. The SMILES string of the molecule is O[C@H](CNC1CCCCC1)Cn1c2ccccc2c2cc(I)ccc21. The Morgan fingerprint density at radius 2 is 1.80 bits per heavy atom. The Kier molecular flexibility index (Phi) is 5.29. The fourth-order valence-corrected chi connectivity index (χ4v) is 4.60. The Morgan fingerprint density at radius 1 is 1.04 bits per heavy atom. The number of hydrogen-bond donors (Lipinski definition) is 2. The molecule has 1 aliphatic carbocycles. The van der Waals surface area contributed by atoms with Gasteiger partial charge < -0.3 is 15.0 Å². The lowest BCUT2D eigenvalue weighted by Crippen LogP contribution is -2.38. The van der Waals surface area contributed by atoms with Crippen LogP contribution in [0.25, 0.3) is 21.8 Å². The number of hydrogen-bond acceptors (Lipinski definition) is 2. The van der Waals surface area contributed by atoms with E-state index in [1.165, 1.54) is 57.5 Å². The maximum Gasteiger partial charge on any atom is 0.0843 e. The van der Waals surface area contributed by atoms with Crippen LogP contribution in [0.5, 0.6) is 0 Å². The molecule has 0 saturated heterocycles. The highest BCUT2D eigenvalue weighted by Crippen LogP contribution is 2.30. The molecule has 132 valence electrons. The van der Waals surface area contributed by atoms with Gasteiger partial charge in [-0.3, -0.25) is 0 Å². The van der Waals surface area contributed by atoms with E-state index in [-0.39, 0.29) is 6.10 Å². The summed E-state index contributed by atoms with van der Waals surface area (Å²) >= 11 is 2.36. The van der Waals surface area contributed by atoms with Crippen LogP contribution in [-0.2, 0) is 6.54 Å². The highest BCUT2D eigenvalue weighted by atomic mass is 127. The van der Waals surface area contributed by atoms with Crippen LogP contribution in [0.15, 0.2) is 42.5 Å². The van der Waals surface area contributed by atoms with E-state index >= 15 is 0 Å². The molecule has 0 amide bonds. The Balaban J connectivity index is 1.57. The van der Waals surface area contributed by atoms with Gasteiger partial charge >= 0.3 is 0 Å². The van der Waals surface area contributed by atoms with Crippen LogP contribution in [-0.4, -0.2) is 28.4 Å². The molecule has 0 bridgehead atoms. The van der Waals surface area contributed by atoms with Crippen LogP contribution in [0.1, 0.15) is 32.1 Å². The van der Waals surface area contributed by atoms with Crippen molar-refractivity contribution >= 4 is 44.4 Å². The van der Waals surface area contributed by atoms with Crippen LogP contribution >= 0.6 is 22.6 Å². The predicted octanol–water partition coefficient (Wildman–Crippen LogP) is 4.68. The third kappa shape index (κ3) is 3.71. The zero-order valence-corrected chi connectivity index (χ0v) is 16.6. The van der Waals surface area contributed by atoms with Gasteiger partial charge in [0.1, 0.15) is 0 Å². The second-order valence-corrected chi connectivity index (χ2v) is 8.43. The number of halogens is 1. The molecule has 0 radical (unpaired) electrons. The van der Waals surface area contributed by atoms with Crippen molar-refractivity contribution in [3.05, 3.63) is 46.0 Å². The number of nitrogens with zero attached hydrogens (tertiary/aromatic N) is 1. The van der Waals surface area contributed by atoms with E-state index in [1.54, 1.807) is 0 Å². The largest absolute Gasteiger partial charge is 0.390 e. The molecule has 1 aliphatic rings. The van der Waals surface area contributed by atoms with Crippen molar-refractivity contribution in [1.29, 1.82) is 0 Å². The highest BCUT2D eigenvalue weighted by molar-refractivity contribution is 14.1. The third-order valence-corrected chi connectivity index (χ3v) is 6.05. The van der Waals surface area contributed by atoms with Crippen molar-refractivity contribution < 1.29 is 5.11 Å². The van der Waals surface area contributed by atoms with Crippen LogP contribution in [0.4, 0.5) is 0 Å². The van der Waals surface area contributed by atoms with Crippen LogP contribution < -0.4 is 5.32 Å². The van der Waals surface area contributed by atoms with Crippen LogP contribution in [0.3, 0.4) is 0 Å². The predicted molar refractivity (Wildman–Crippen MR) is 113 cm³/mol. The van der Waals surface area contributed by atoms with Gasteiger partial charge in [0, 0.05) is 38.0 Å². The van der Waals surface area contributed by atoms with Crippen molar-refractivity contribution in [3.63, 3.8) is 0 Å². The molecule has 4 rings (SSSR count). The number of benzene rings is 2. The molecule has 4 heteroatoms. The fourth-order valence-electron chi connectivity index (χ4n) is 4.11. The van der Waals surface area contributed by atoms with Gasteiger partial charge in [-0.1, -0.05) is 37.5 Å². The first-order valence-electron chi connectivity index (χ1n) is 9.30. The van der Waals surface area contributed by atoms with E-state index in [1.807, 2.05) is 0 Å². The highest BCUT2D eigenvalue weighted by Gasteiger charge is 2.17. The summed E-state index contributed by atoms with van der Waals surface area (Å²) in [5.41, 5.74) is 2.41. The van der Waals surface area contributed by atoms with Gasteiger partial charge in [-0.2, -0.15) is 0 Å². The van der Waals surface area contributed by atoms with E-state index < -0.39 is 0 Å².